The van der Waals surface area contributed by atoms with Gasteiger partial charge in [0.2, 0.25) is 5.78 Å². The van der Waals surface area contributed by atoms with E-state index >= 15 is 0 Å². The van der Waals surface area contributed by atoms with Crippen molar-refractivity contribution in [3.05, 3.63) is 54.6 Å². The van der Waals surface area contributed by atoms with E-state index < -0.39 is 0 Å². The summed E-state index contributed by atoms with van der Waals surface area (Å²) < 4.78 is 1.93. The van der Waals surface area contributed by atoms with Crippen molar-refractivity contribution in [2.24, 2.45) is 0 Å². The number of hydrogen-bond acceptors (Lipinski definition) is 4. The van der Waals surface area contributed by atoms with Crippen molar-refractivity contribution < 1.29 is 0 Å². The Morgan fingerprint density at radius 2 is 2.22 bits per heavy atom. The van der Waals surface area contributed by atoms with Crippen LogP contribution in [-0.2, 0) is 5.75 Å². The molecule has 0 saturated carbocycles. The Labute approximate surface area is 109 Å². The molecular formula is C13H12N4S. The Morgan fingerprint density at radius 1 is 1.28 bits per heavy atom. The van der Waals surface area contributed by atoms with Gasteiger partial charge >= 0.3 is 0 Å². The first-order valence-corrected chi connectivity index (χ1v) is 6.57. The van der Waals surface area contributed by atoms with E-state index in [1.54, 1.807) is 18.0 Å². The van der Waals surface area contributed by atoms with Crippen molar-refractivity contribution in [1.29, 1.82) is 0 Å². The molecule has 3 rings (SSSR count). The zero-order valence-corrected chi connectivity index (χ0v) is 10.5. The van der Waals surface area contributed by atoms with Gasteiger partial charge in [0.25, 0.3) is 0 Å². The number of nitrogens with two attached hydrogens (primary N) is 1. The molecule has 0 bridgehead atoms. The molecule has 2 aromatic heterocycles. The van der Waals surface area contributed by atoms with E-state index in [4.69, 9.17) is 5.73 Å². The van der Waals surface area contributed by atoms with Crippen LogP contribution < -0.4 is 5.73 Å². The lowest BCUT2D eigenvalue weighted by Crippen LogP contribution is -1.84. The summed E-state index contributed by atoms with van der Waals surface area (Å²) in [6, 6.07) is 9.76. The van der Waals surface area contributed by atoms with Crippen LogP contribution in [-0.4, -0.2) is 14.4 Å². The second-order valence-corrected chi connectivity index (χ2v) is 4.97. The second-order valence-electron chi connectivity index (χ2n) is 3.92. The first-order valence-electron chi connectivity index (χ1n) is 5.58. The quantitative estimate of drug-likeness (QED) is 0.578. The van der Waals surface area contributed by atoms with E-state index in [9.17, 15) is 0 Å². The third kappa shape index (κ3) is 2.31. The number of fused-ring (bicyclic) bond motifs is 1. The molecule has 0 unspecified atom stereocenters. The van der Waals surface area contributed by atoms with E-state index in [1.165, 1.54) is 0 Å². The largest absolute Gasteiger partial charge is 0.399 e. The van der Waals surface area contributed by atoms with Crippen molar-refractivity contribution in [2.75, 3.05) is 5.73 Å². The Balaban J connectivity index is 1.76. The van der Waals surface area contributed by atoms with Crippen molar-refractivity contribution in [1.82, 2.24) is 14.4 Å². The molecule has 4 nitrogen and oxygen atoms in total. The van der Waals surface area contributed by atoms with E-state index in [0.717, 1.165) is 27.8 Å². The number of nitrogens with zero attached hydrogens (tertiary/aromatic N) is 3. The van der Waals surface area contributed by atoms with Crippen LogP contribution in [0.2, 0.25) is 0 Å². The maximum atomic E-state index is 5.75. The highest BCUT2D eigenvalue weighted by molar-refractivity contribution is 7.98. The predicted octanol–water partition coefficient (Wildman–Crippen LogP) is 2.60. The van der Waals surface area contributed by atoms with Crippen LogP contribution >= 0.6 is 11.8 Å². The van der Waals surface area contributed by atoms with Crippen LogP contribution in [0, 0.1) is 0 Å². The molecule has 0 aliphatic rings. The van der Waals surface area contributed by atoms with Crippen LogP contribution in [0.1, 0.15) is 5.69 Å². The topological polar surface area (TPSA) is 56.2 Å². The number of thioether (sulfide) groups is 1. The molecule has 5 heteroatoms. The third-order valence-corrected chi connectivity index (χ3v) is 3.56. The third-order valence-electron chi connectivity index (χ3n) is 2.53. The van der Waals surface area contributed by atoms with E-state index in [1.807, 2.05) is 41.1 Å². The number of imidazole rings is 1. The Bertz CT molecular complexity index is 644. The first-order chi connectivity index (χ1) is 8.81. The number of hydrogen-bond donors (Lipinski definition) is 1. The monoisotopic (exact) mass is 256 g/mol. The molecule has 0 aliphatic carbocycles. The number of rotatable bonds is 3. The van der Waals surface area contributed by atoms with Crippen molar-refractivity contribution in [3.8, 4) is 0 Å². The maximum Gasteiger partial charge on any atom is 0.233 e. The normalized spacial score (nSPS) is 10.9. The predicted molar refractivity (Wildman–Crippen MR) is 73.4 cm³/mol. The molecule has 0 amide bonds. The van der Waals surface area contributed by atoms with Gasteiger partial charge in [0.05, 0.1) is 5.69 Å². The first kappa shape index (κ1) is 11.1. The molecule has 18 heavy (non-hydrogen) atoms. The van der Waals surface area contributed by atoms with Gasteiger partial charge in [-0.2, -0.15) is 0 Å². The van der Waals surface area contributed by atoms with Gasteiger partial charge in [0, 0.05) is 34.9 Å². The molecule has 1 aromatic carbocycles. The molecule has 90 valence electrons. The van der Waals surface area contributed by atoms with Gasteiger partial charge < -0.3 is 5.73 Å². The second kappa shape index (κ2) is 4.70. The van der Waals surface area contributed by atoms with Gasteiger partial charge in [-0.05, 0) is 24.3 Å². The lowest BCUT2D eigenvalue weighted by molar-refractivity contribution is 1.11. The van der Waals surface area contributed by atoms with E-state index in [-0.39, 0.29) is 0 Å². The molecule has 0 radical (unpaired) electrons. The average molecular weight is 256 g/mol. The molecule has 0 spiro atoms. The van der Waals surface area contributed by atoms with Crippen LogP contribution in [0.4, 0.5) is 5.69 Å². The van der Waals surface area contributed by atoms with E-state index in [0.29, 0.717) is 0 Å². The van der Waals surface area contributed by atoms with Crippen molar-refractivity contribution in [2.45, 2.75) is 10.6 Å². The number of nitrogen functional groups attached to an aromatic ring is 1. The highest BCUT2D eigenvalue weighted by Gasteiger charge is 2.03. The summed E-state index contributed by atoms with van der Waals surface area (Å²) in [6.45, 7) is 0. The highest BCUT2D eigenvalue weighted by Crippen LogP contribution is 2.23. The highest BCUT2D eigenvalue weighted by atomic mass is 32.2. The van der Waals surface area contributed by atoms with Crippen LogP contribution in [0.5, 0.6) is 0 Å². The summed E-state index contributed by atoms with van der Waals surface area (Å²) in [6.07, 6.45) is 5.70. The minimum atomic E-state index is 0.737. The lowest BCUT2D eigenvalue weighted by Gasteiger charge is -2.00. The van der Waals surface area contributed by atoms with Gasteiger partial charge in [-0.25, -0.2) is 9.97 Å². The Hall–Kier alpha value is -2.01. The molecule has 0 saturated heterocycles. The summed E-state index contributed by atoms with van der Waals surface area (Å²) in [5, 5.41) is 0. The maximum absolute atomic E-state index is 5.75. The molecule has 3 aromatic rings. The summed E-state index contributed by atoms with van der Waals surface area (Å²) in [5.74, 6) is 1.55. The van der Waals surface area contributed by atoms with Crippen molar-refractivity contribution in [3.63, 3.8) is 0 Å². The molecular weight excluding hydrogens is 244 g/mol. The van der Waals surface area contributed by atoms with E-state index in [2.05, 4.69) is 16.0 Å². The minimum absolute atomic E-state index is 0.737. The lowest BCUT2D eigenvalue weighted by atomic mass is 10.3. The fourth-order valence-corrected chi connectivity index (χ4v) is 2.56. The molecule has 0 aliphatic heterocycles. The molecule has 0 fully saturated rings. The zero-order chi connectivity index (χ0) is 12.4. The summed E-state index contributed by atoms with van der Waals surface area (Å²) in [7, 11) is 0. The summed E-state index contributed by atoms with van der Waals surface area (Å²) in [4.78, 5) is 9.80. The number of benzene rings is 1. The van der Waals surface area contributed by atoms with Crippen LogP contribution in [0.25, 0.3) is 5.78 Å². The Kier molecular flexibility index (Phi) is 2.90. The molecule has 2 heterocycles. The Morgan fingerprint density at radius 3 is 3.06 bits per heavy atom. The van der Waals surface area contributed by atoms with Crippen LogP contribution in [0.15, 0.2) is 53.8 Å². The van der Waals surface area contributed by atoms with Gasteiger partial charge in [0.15, 0.2) is 0 Å². The standard InChI is InChI=1S/C13H12N4S/c14-10-3-1-4-12(7-10)18-9-11-8-17-6-2-5-15-13(17)16-11/h1-8H,9,14H2. The average Bonchev–Trinajstić information content (AvgIpc) is 2.79. The minimum Gasteiger partial charge on any atom is -0.399 e. The molecule has 2 N–H and O–H groups in total. The number of anilines is 1. The van der Waals surface area contributed by atoms with Crippen molar-refractivity contribution >= 4 is 23.2 Å². The zero-order valence-electron chi connectivity index (χ0n) is 9.65. The van der Waals surface area contributed by atoms with Gasteiger partial charge in [-0.15, -0.1) is 11.8 Å². The SMILES string of the molecule is Nc1cccc(SCc2cn3cccnc3n2)c1. The smallest absolute Gasteiger partial charge is 0.233 e. The fraction of sp³-hybridized carbons (Fsp3) is 0.0769. The summed E-state index contributed by atoms with van der Waals surface area (Å²) >= 11 is 1.72. The van der Waals surface area contributed by atoms with Gasteiger partial charge in [0.1, 0.15) is 0 Å². The van der Waals surface area contributed by atoms with Crippen LogP contribution in [0.3, 0.4) is 0 Å². The number of aromatic nitrogens is 3. The summed E-state index contributed by atoms with van der Waals surface area (Å²) in [5.41, 5.74) is 7.55. The fourth-order valence-electron chi connectivity index (χ4n) is 1.71. The van der Waals surface area contributed by atoms with Gasteiger partial charge in [-0.1, -0.05) is 6.07 Å². The molecule has 0 atom stereocenters. The van der Waals surface area contributed by atoms with Gasteiger partial charge in [-0.3, -0.25) is 4.40 Å².